The van der Waals surface area contributed by atoms with Crippen LogP contribution in [0.2, 0.25) is 0 Å². The van der Waals surface area contributed by atoms with Gasteiger partial charge in [0, 0.05) is 0 Å². The van der Waals surface area contributed by atoms with Gasteiger partial charge in [-0.2, -0.15) is 26.3 Å². The molecule has 0 saturated heterocycles. The van der Waals surface area contributed by atoms with Gasteiger partial charge in [-0.15, -0.1) is 0 Å². The first-order valence-corrected chi connectivity index (χ1v) is 6.64. The molecule has 2 aromatic carbocycles. The van der Waals surface area contributed by atoms with E-state index >= 15 is 0 Å². The normalized spacial score (nSPS) is 12.1. The molecule has 0 spiro atoms. The number of nitrogens with zero attached hydrogens (tertiary/aromatic N) is 1. The van der Waals surface area contributed by atoms with E-state index in [1.165, 1.54) is 12.1 Å². The number of nitro benzene ring substituents is 1. The number of benzene rings is 2. The van der Waals surface area contributed by atoms with Crippen molar-refractivity contribution >= 4 is 5.69 Å². The van der Waals surface area contributed by atoms with Gasteiger partial charge in [0.1, 0.15) is 17.9 Å². The molecule has 0 amide bonds. The molecule has 0 aliphatic carbocycles. The highest BCUT2D eigenvalue weighted by Crippen LogP contribution is 2.48. The first-order valence-electron chi connectivity index (χ1n) is 6.64. The Morgan fingerprint density at radius 2 is 1.52 bits per heavy atom. The zero-order valence-corrected chi connectivity index (χ0v) is 12.2. The number of nitro groups is 1. The van der Waals surface area contributed by atoms with Crippen molar-refractivity contribution in [2.45, 2.75) is 19.0 Å². The molecule has 25 heavy (non-hydrogen) atoms. The summed E-state index contributed by atoms with van der Waals surface area (Å²) in [6.07, 6.45) is -10.7. The van der Waals surface area contributed by atoms with E-state index in [1.807, 2.05) is 0 Å². The highest BCUT2D eigenvalue weighted by Gasteiger charge is 2.49. The molecular weight excluding hydrogens is 356 g/mol. The van der Waals surface area contributed by atoms with Gasteiger partial charge in [-0.3, -0.25) is 10.1 Å². The van der Waals surface area contributed by atoms with Crippen LogP contribution in [0, 0.1) is 10.1 Å². The predicted molar refractivity (Wildman–Crippen MR) is 73.9 cm³/mol. The Balaban J connectivity index is 2.57. The van der Waals surface area contributed by atoms with E-state index in [4.69, 9.17) is 4.74 Å². The molecule has 0 atom stereocenters. The van der Waals surface area contributed by atoms with Crippen molar-refractivity contribution in [3.8, 4) is 5.75 Å². The minimum atomic E-state index is -5.41. The van der Waals surface area contributed by atoms with Gasteiger partial charge in [-0.1, -0.05) is 30.3 Å². The summed E-state index contributed by atoms with van der Waals surface area (Å²) in [5, 5.41) is 10.9. The van der Waals surface area contributed by atoms with Crippen LogP contribution in [-0.4, -0.2) is 4.92 Å². The molecule has 0 aliphatic heterocycles. The Kier molecular flexibility index (Phi) is 4.91. The monoisotopic (exact) mass is 365 g/mol. The zero-order valence-electron chi connectivity index (χ0n) is 12.2. The average molecular weight is 365 g/mol. The number of hydrogen-bond acceptors (Lipinski definition) is 3. The number of alkyl halides is 6. The zero-order chi connectivity index (χ0) is 18.8. The summed E-state index contributed by atoms with van der Waals surface area (Å²) in [5.74, 6) is -1.05. The first kappa shape index (κ1) is 18.6. The topological polar surface area (TPSA) is 52.4 Å². The van der Waals surface area contributed by atoms with E-state index in [-0.39, 0.29) is 6.07 Å². The van der Waals surface area contributed by atoms with Crippen molar-refractivity contribution in [3.05, 3.63) is 69.3 Å². The maximum atomic E-state index is 13.2. The number of hydrogen-bond donors (Lipinski definition) is 0. The van der Waals surface area contributed by atoms with Crippen LogP contribution in [0.1, 0.15) is 16.7 Å². The average Bonchev–Trinajstić information content (AvgIpc) is 2.51. The number of ether oxygens (including phenoxy) is 1. The van der Waals surface area contributed by atoms with Gasteiger partial charge in [0.2, 0.25) is 0 Å². The summed E-state index contributed by atoms with van der Waals surface area (Å²) in [5.41, 5.74) is -5.69. The summed E-state index contributed by atoms with van der Waals surface area (Å²) < 4.78 is 83.1. The maximum Gasteiger partial charge on any atom is 0.426 e. The molecule has 0 aliphatic rings. The number of halogens is 6. The highest BCUT2D eigenvalue weighted by molar-refractivity contribution is 5.57. The van der Waals surface area contributed by atoms with Crippen molar-refractivity contribution in [1.82, 2.24) is 0 Å². The van der Waals surface area contributed by atoms with Crippen LogP contribution in [0.15, 0.2) is 42.5 Å². The molecule has 2 aromatic rings. The van der Waals surface area contributed by atoms with Gasteiger partial charge in [-0.25, -0.2) is 0 Å². The lowest BCUT2D eigenvalue weighted by Gasteiger charge is -2.17. The standard InChI is InChI=1S/C15H9F6NO3/c16-14(17,18)10-6-7-11(25-8-9-4-2-1-3-5-9)12(15(19,20)21)13(10)22(23)24/h1-7H,8H2. The van der Waals surface area contributed by atoms with Gasteiger partial charge in [-0.05, 0) is 17.7 Å². The van der Waals surface area contributed by atoms with Crippen LogP contribution < -0.4 is 4.74 Å². The third-order valence-electron chi connectivity index (χ3n) is 3.15. The summed E-state index contributed by atoms with van der Waals surface area (Å²) in [6.45, 7) is -0.396. The molecule has 0 saturated carbocycles. The van der Waals surface area contributed by atoms with Crippen LogP contribution in [-0.2, 0) is 19.0 Å². The Labute approximate surface area is 136 Å². The Bertz CT molecular complexity index is 771. The van der Waals surface area contributed by atoms with Gasteiger partial charge in [0.15, 0.2) is 5.56 Å². The molecule has 0 unspecified atom stereocenters. The second-order valence-corrected chi connectivity index (χ2v) is 4.86. The summed E-state index contributed by atoms with van der Waals surface area (Å²) in [4.78, 5) is 9.21. The molecule has 0 N–H and O–H groups in total. The second kappa shape index (κ2) is 6.61. The quantitative estimate of drug-likeness (QED) is 0.425. The predicted octanol–water partition coefficient (Wildman–Crippen LogP) is 5.21. The number of rotatable bonds is 4. The molecule has 0 radical (unpaired) electrons. The molecule has 10 heteroatoms. The van der Waals surface area contributed by atoms with E-state index in [2.05, 4.69) is 0 Å². The molecule has 0 fully saturated rings. The van der Waals surface area contributed by atoms with Crippen LogP contribution in [0.3, 0.4) is 0 Å². The van der Waals surface area contributed by atoms with E-state index in [0.717, 1.165) is 0 Å². The van der Waals surface area contributed by atoms with Gasteiger partial charge >= 0.3 is 12.4 Å². The fourth-order valence-electron chi connectivity index (χ4n) is 2.12. The van der Waals surface area contributed by atoms with Crippen molar-refractivity contribution in [2.75, 3.05) is 0 Å². The lowest BCUT2D eigenvalue weighted by molar-refractivity contribution is -0.391. The van der Waals surface area contributed by atoms with E-state index in [0.29, 0.717) is 11.6 Å². The third kappa shape index (κ3) is 4.20. The Morgan fingerprint density at radius 1 is 0.920 bits per heavy atom. The van der Waals surface area contributed by atoms with Crippen LogP contribution in [0.5, 0.6) is 5.75 Å². The second-order valence-electron chi connectivity index (χ2n) is 4.86. The SMILES string of the molecule is O=[N+]([O-])c1c(C(F)(F)F)ccc(OCc2ccccc2)c1C(F)(F)F. The van der Waals surface area contributed by atoms with Crippen LogP contribution in [0.25, 0.3) is 0 Å². The van der Waals surface area contributed by atoms with E-state index in [1.54, 1.807) is 18.2 Å². The van der Waals surface area contributed by atoms with Crippen molar-refractivity contribution in [3.63, 3.8) is 0 Å². The van der Waals surface area contributed by atoms with E-state index < -0.39 is 46.4 Å². The molecule has 134 valence electrons. The van der Waals surface area contributed by atoms with Crippen molar-refractivity contribution < 1.29 is 36.0 Å². The minimum absolute atomic E-state index is 0.202. The van der Waals surface area contributed by atoms with Gasteiger partial charge in [0.25, 0.3) is 5.69 Å². The first-order chi connectivity index (χ1) is 11.5. The van der Waals surface area contributed by atoms with Gasteiger partial charge < -0.3 is 4.74 Å². The lowest BCUT2D eigenvalue weighted by Crippen LogP contribution is -2.17. The summed E-state index contributed by atoms with van der Waals surface area (Å²) >= 11 is 0. The largest absolute Gasteiger partial charge is 0.488 e. The lowest BCUT2D eigenvalue weighted by atomic mass is 10.0. The molecule has 0 aromatic heterocycles. The molecule has 0 bridgehead atoms. The summed E-state index contributed by atoms with van der Waals surface area (Å²) in [6, 6.07) is 8.48. The van der Waals surface area contributed by atoms with E-state index in [9.17, 15) is 36.5 Å². The fraction of sp³-hybridized carbons (Fsp3) is 0.200. The van der Waals surface area contributed by atoms with Crippen molar-refractivity contribution in [2.24, 2.45) is 0 Å². The fourth-order valence-corrected chi connectivity index (χ4v) is 2.12. The third-order valence-corrected chi connectivity index (χ3v) is 3.15. The highest BCUT2D eigenvalue weighted by atomic mass is 19.4. The molecule has 2 rings (SSSR count). The maximum absolute atomic E-state index is 13.2. The van der Waals surface area contributed by atoms with Crippen LogP contribution in [0.4, 0.5) is 32.0 Å². The Morgan fingerprint density at radius 3 is 2.00 bits per heavy atom. The van der Waals surface area contributed by atoms with Crippen LogP contribution >= 0.6 is 0 Å². The minimum Gasteiger partial charge on any atom is -0.488 e. The summed E-state index contributed by atoms with van der Waals surface area (Å²) in [7, 11) is 0. The van der Waals surface area contributed by atoms with Gasteiger partial charge in [0.05, 0.1) is 4.92 Å². The molecular formula is C15H9F6NO3. The molecule has 0 heterocycles. The van der Waals surface area contributed by atoms with Crippen molar-refractivity contribution in [1.29, 1.82) is 0 Å². The smallest absolute Gasteiger partial charge is 0.426 e. The molecule has 4 nitrogen and oxygen atoms in total. The Hall–Kier alpha value is -2.78.